The van der Waals surface area contributed by atoms with Crippen LogP contribution < -0.4 is 0 Å². The Kier molecular flexibility index (Phi) is 6.48. The fourth-order valence-electron chi connectivity index (χ4n) is 3.24. The van der Waals surface area contributed by atoms with E-state index in [9.17, 15) is 0 Å². The average molecular weight is 355 g/mol. The van der Waals surface area contributed by atoms with Gasteiger partial charge in [0.15, 0.2) is 8.32 Å². The predicted molar refractivity (Wildman–Crippen MR) is 104 cm³/mol. The zero-order chi connectivity index (χ0) is 17.1. The predicted octanol–water partition coefficient (Wildman–Crippen LogP) is 6.12. The summed E-state index contributed by atoms with van der Waals surface area (Å²) in [5.41, 5.74) is 1.54. The van der Waals surface area contributed by atoms with Crippen molar-refractivity contribution in [3.8, 4) is 0 Å². The van der Waals surface area contributed by atoms with Gasteiger partial charge in [-0.1, -0.05) is 39.3 Å². The van der Waals surface area contributed by atoms with E-state index in [0.717, 1.165) is 12.4 Å². The van der Waals surface area contributed by atoms with E-state index in [2.05, 4.69) is 52.3 Å². The van der Waals surface area contributed by atoms with Crippen LogP contribution in [0.2, 0.25) is 18.1 Å². The van der Waals surface area contributed by atoms with Gasteiger partial charge in [-0.2, -0.15) is 0 Å². The maximum absolute atomic E-state index is 6.80. The van der Waals surface area contributed by atoms with Crippen molar-refractivity contribution in [1.29, 1.82) is 0 Å². The molecule has 1 fully saturated rings. The highest BCUT2D eigenvalue weighted by Crippen LogP contribution is 2.43. The topological polar surface area (TPSA) is 18.5 Å². The van der Waals surface area contributed by atoms with Gasteiger partial charge in [0.2, 0.25) is 0 Å². The molecule has 0 aromatic rings. The third-order valence-corrected chi connectivity index (χ3v) is 10.5. The number of thioether (sulfide) groups is 1. The highest BCUT2D eigenvalue weighted by Gasteiger charge is 2.41. The smallest absolute Gasteiger partial charge is 0.192 e. The molecule has 2 atom stereocenters. The fourth-order valence-corrected chi connectivity index (χ4v) is 4.78. The first kappa shape index (κ1) is 19.1. The Labute approximate surface area is 148 Å². The standard InChI is InChI=1S/C19H34O2SSi/c1-19(2,3)23(5,6)21-18-13-9-12-17(20-14-22-4)15-10-7-8-11-16(15)18/h9,13,16,18H,7-8,10-12,14H2,1-6H3/t16-,18-/m0/s1. The van der Waals surface area contributed by atoms with Crippen LogP contribution >= 0.6 is 11.8 Å². The zero-order valence-corrected chi connectivity index (χ0v) is 17.6. The Morgan fingerprint density at radius 3 is 2.65 bits per heavy atom. The molecule has 0 aromatic carbocycles. The summed E-state index contributed by atoms with van der Waals surface area (Å²) >= 11 is 1.75. The minimum atomic E-state index is -1.76. The first-order valence-corrected chi connectivity index (χ1v) is 13.2. The van der Waals surface area contributed by atoms with Crippen LogP contribution in [0, 0.1) is 5.92 Å². The van der Waals surface area contributed by atoms with Crippen molar-refractivity contribution in [1.82, 2.24) is 0 Å². The molecule has 0 heterocycles. The summed E-state index contributed by atoms with van der Waals surface area (Å²) in [6.07, 6.45) is 12.9. The molecule has 0 bridgehead atoms. The van der Waals surface area contributed by atoms with Crippen molar-refractivity contribution in [2.75, 3.05) is 12.2 Å². The Morgan fingerprint density at radius 1 is 1.26 bits per heavy atom. The molecule has 0 unspecified atom stereocenters. The van der Waals surface area contributed by atoms with Crippen LogP contribution in [0.3, 0.4) is 0 Å². The second-order valence-corrected chi connectivity index (χ2v) is 13.9. The van der Waals surface area contributed by atoms with Gasteiger partial charge in [0.1, 0.15) is 11.7 Å². The second kappa shape index (κ2) is 7.79. The molecule has 1 saturated carbocycles. The van der Waals surface area contributed by atoms with Gasteiger partial charge in [0.05, 0.1) is 6.10 Å². The van der Waals surface area contributed by atoms with Crippen molar-refractivity contribution in [3.05, 3.63) is 23.5 Å². The van der Waals surface area contributed by atoms with Crippen molar-refractivity contribution < 1.29 is 9.16 Å². The lowest BCUT2D eigenvalue weighted by molar-refractivity contribution is 0.155. The largest absolute Gasteiger partial charge is 0.487 e. The number of hydrogen-bond acceptors (Lipinski definition) is 3. The van der Waals surface area contributed by atoms with E-state index in [1.807, 2.05) is 0 Å². The number of fused-ring (bicyclic) bond motifs is 1. The normalized spacial score (nSPS) is 26.0. The number of allylic oxidation sites excluding steroid dienone is 1. The summed E-state index contributed by atoms with van der Waals surface area (Å²) < 4.78 is 12.9. The SMILES string of the molecule is CSCOC1=C2CCCC[C@@H]2[C@@H](O[Si](C)(C)C(C)(C)C)C=CC1. The van der Waals surface area contributed by atoms with Crippen LogP contribution in [0.15, 0.2) is 23.5 Å². The lowest BCUT2D eigenvalue weighted by Gasteiger charge is -2.42. The van der Waals surface area contributed by atoms with E-state index in [1.54, 1.807) is 17.3 Å². The van der Waals surface area contributed by atoms with Crippen LogP contribution in [-0.4, -0.2) is 26.6 Å². The summed E-state index contributed by atoms with van der Waals surface area (Å²) in [4.78, 5) is 0. The first-order chi connectivity index (χ1) is 10.8. The lowest BCUT2D eigenvalue weighted by Crippen LogP contribution is -2.45. The van der Waals surface area contributed by atoms with Gasteiger partial charge in [0, 0.05) is 12.3 Å². The number of hydrogen-bond donors (Lipinski definition) is 0. The maximum Gasteiger partial charge on any atom is 0.192 e. The van der Waals surface area contributed by atoms with Crippen molar-refractivity contribution in [2.45, 2.75) is 77.1 Å². The van der Waals surface area contributed by atoms with E-state index in [-0.39, 0.29) is 11.1 Å². The van der Waals surface area contributed by atoms with Crippen LogP contribution in [-0.2, 0) is 9.16 Å². The summed E-state index contributed by atoms with van der Waals surface area (Å²) in [6, 6.07) is 0. The summed E-state index contributed by atoms with van der Waals surface area (Å²) in [5, 5.41) is 0.254. The van der Waals surface area contributed by atoms with Crippen molar-refractivity contribution in [3.63, 3.8) is 0 Å². The van der Waals surface area contributed by atoms with Gasteiger partial charge in [-0.25, -0.2) is 0 Å². The minimum absolute atomic E-state index is 0.238. The molecule has 2 nitrogen and oxygen atoms in total. The van der Waals surface area contributed by atoms with Crippen molar-refractivity contribution >= 4 is 20.1 Å². The van der Waals surface area contributed by atoms with Crippen LogP contribution in [0.4, 0.5) is 0 Å². The second-order valence-electron chi connectivity index (χ2n) is 8.33. The molecule has 2 rings (SSSR count). The third kappa shape index (κ3) is 4.67. The Morgan fingerprint density at radius 2 is 2.00 bits per heavy atom. The van der Waals surface area contributed by atoms with Crippen LogP contribution in [0.5, 0.6) is 0 Å². The molecule has 2 aliphatic rings. The van der Waals surface area contributed by atoms with Crippen LogP contribution in [0.1, 0.15) is 52.9 Å². The van der Waals surface area contributed by atoms with E-state index >= 15 is 0 Å². The van der Waals surface area contributed by atoms with E-state index in [1.165, 1.54) is 31.4 Å². The van der Waals surface area contributed by atoms with Gasteiger partial charge in [-0.3, -0.25) is 0 Å². The molecule has 0 saturated heterocycles. The molecule has 0 amide bonds. The molecule has 132 valence electrons. The molecular formula is C19H34O2SSi. The van der Waals surface area contributed by atoms with Gasteiger partial charge >= 0.3 is 0 Å². The summed E-state index contributed by atoms with van der Waals surface area (Å²) in [5.74, 6) is 2.50. The molecule has 0 N–H and O–H groups in total. The van der Waals surface area contributed by atoms with E-state index < -0.39 is 8.32 Å². The lowest BCUT2D eigenvalue weighted by atomic mass is 9.80. The summed E-state index contributed by atoms with van der Waals surface area (Å²) in [7, 11) is -1.76. The first-order valence-electron chi connectivity index (χ1n) is 8.94. The summed E-state index contributed by atoms with van der Waals surface area (Å²) in [6.45, 7) is 11.7. The van der Waals surface area contributed by atoms with Crippen LogP contribution in [0.25, 0.3) is 0 Å². The monoisotopic (exact) mass is 354 g/mol. The van der Waals surface area contributed by atoms with Gasteiger partial charge in [0.25, 0.3) is 0 Å². The minimum Gasteiger partial charge on any atom is -0.487 e. The molecule has 4 heteroatoms. The number of ether oxygens (including phenoxy) is 1. The maximum atomic E-state index is 6.80. The molecular weight excluding hydrogens is 320 g/mol. The quantitative estimate of drug-likeness (QED) is 0.337. The molecule has 0 aliphatic heterocycles. The Balaban J connectivity index is 2.23. The highest BCUT2D eigenvalue weighted by atomic mass is 32.2. The zero-order valence-electron chi connectivity index (χ0n) is 15.8. The van der Waals surface area contributed by atoms with E-state index in [0.29, 0.717) is 5.92 Å². The fraction of sp³-hybridized carbons (Fsp3) is 0.789. The molecule has 0 spiro atoms. The molecule has 0 radical (unpaired) electrons. The molecule has 2 aliphatic carbocycles. The van der Waals surface area contributed by atoms with Crippen molar-refractivity contribution in [2.24, 2.45) is 5.92 Å². The van der Waals surface area contributed by atoms with Gasteiger partial charge < -0.3 is 9.16 Å². The Bertz CT molecular complexity index is 462. The highest BCUT2D eigenvalue weighted by molar-refractivity contribution is 7.98. The molecule has 0 aromatic heterocycles. The van der Waals surface area contributed by atoms with E-state index in [4.69, 9.17) is 9.16 Å². The Hall–Kier alpha value is -0.193. The van der Waals surface area contributed by atoms with Gasteiger partial charge in [-0.15, -0.1) is 11.8 Å². The molecule has 23 heavy (non-hydrogen) atoms. The van der Waals surface area contributed by atoms with Gasteiger partial charge in [-0.05, 0) is 49.2 Å². The average Bonchev–Trinajstić information content (AvgIpc) is 2.64. The third-order valence-electron chi connectivity index (χ3n) is 5.63. The number of rotatable bonds is 5.